The number of amides is 1. The lowest BCUT2D eigenvalue weighted by molar-refractivity contribution is -0.129. The number of H-pyrrole nitrogens is 1. The third-order valence-electron chi connectivity index (χ3n) is 4.79. The number of para-hydroxylation sites is 1. The summed E-state index contributed by atoms with van der Waals surface area (Å²) in [7, 11) is 0. The van der Waals surface area contributed by atoms with Crippen molar-refractivity contribution in [1.29, 1.82) is 0 Å². The van der Waals surface area contributed by atoms with Crippen molar-refractivity contribution in [2.24, 2.45) is 0 Å². The number of fused-ring (bicyclic) bond motifs is 1. The van der Waals surface area contributed by atoms with E-state index in [1.54, 1.807) is 12.1 Å². The number of Topliss-reactive ketones (excluding diaryl/α,β-unsaturated/α-hetero) is 1. The van der Waals surface area contributed by atoms with Crippen LogP contribution in [-0.4, -0.2) is 33.2 Å². The number of nitrogens with one attached hydrogen (secondary N) is 1. The average molecular weight is 350 g/mol. The molecule has 6 heteroatoms. The van der Waals surface area contributed by atoms with Crippen LogP contribution in [0, 0.1) is 0 Å². The van der Waals surface area contributed by atoms with Gasteiger partial charge in [-0.2, -0.15) is 0 Å². The highest BCUT2D eigenvalue weighted by Gasteiger charge is 2.43. The van der Waals surface area contributed by atoms with Crippen LogP contribution in [0.15, 0.2) is 64.6 Å². The highest BCUT2D eigenvalue weighted by Crippen LogP contribution is 2.38. The van der Waals surface area contributed by atoms with Gasteiger partial charge in [-0.25, -0.2) is 0 Å². The van der Waals surface area contributed by atoms with Crippen molar-refractivity contribution < 1.29 is 19.1 Å². The fourth-order valence-corrected chi connectivity index (χ4v) is 3.57. The fourth-order valence-electron chi connectivity index (χ4n) is 3.57. The van der Waals surface area contributed by atoms with Gasteiger partial charge in [-0.3, -0.25) is 9.59 Å². The molecule has 1 atom stereocenters. The minimum Gasteiger partial charge on any atom is -0.503 e. The van der Waals surface area contributed by atoms with Crippen molar-refractivity contribution >= 4 is 22.6 Å². The first-order valence-electron chi connectivity index (χ1n) is 8.41. The van der Waals surface area contributed by atoms with Crippen LogP contribution < -0.4 is 0 Å². The molecule has 3 aromatic rings. The van der Waals surface area contributed by atoms with Crippen LogP contribution in [0.4, 0.5) is 0 Å². The summed E-state index contributed by atoms with van der Waals surface area (Å²) in [6, 6.07) is 10.7. The molecule has 0 radical (unpaired) electrons. The number of ketones is 1. The number of carbonyl (C=O) groups is 2. The highest BCUT2D eigenvalue weighted by molar-refractivity contribution is 6.08. The molecule has 0 bridgehead atoms. The topological polar surface area (TPSA) is 86.5 Å². The summed E-state index contributed by atoms with van der Waals surface area (Å²) in [5.41, 5.74) is 2.19. The number of hydrogen-bond acceptors (Lipinski definition) is 4. The van der Waals surface area contributed by atoms with E-state index in [1.807, 2.05) is 30.5 Å². The zero-order valence-corrected chi connectivity index (χ0v) is 14.2. The summed E-state index contributed by atoms with van der Waals surface area (Å²) in [5, 5.41) is 11.3. The second-order valence-electron chi connectivity index (χ2n) is 6.34. The number of aliphatic hydroxyl groups excluding tert-OH is 1. The Balaban J connectivity index is 1.64. The number of benzene rings is 1. The minimum absolute atomic E-state index is 0.0869. The van der Waals surface area contributed by atoms with E-state index in [4.69, 9.17) is 4.42 Å². The van der Waals surface area contributed by atoms with Crippen molar-refractivity contribution in [2.75, 3.05) is 6.54 Å². The molecule has 0 fully saturated rings. The van der Waals surface area contributed by atoms with E-state index >= 15 is 0 Å². The Labute approximate surface area is 149 Å². The number of hydrogen-bond donors (Lipinski definition) is 2. The number of aromatic nitrogens is 1. The SMILES string of the molecule is CC(=O)C1=C(O)C(=O)N(CCc2c[nH]c3ccccc23)[C@@H]1c1ccco1. The molecule has 4 rings (SSSR count). The van der Waals surface area contributed by atoms with Crippen LogP contribution >= 0.6 is 0 Å². The molecule has 0 saturated heterocycles. The second-order valence-corrected chi connectivity index (χ2v) is 6.34. The van der Waals surface area contributed by atoms with Crippen molar-refractivity contribution in [1.82, 2.24) is 9.88 Å². The number of nitrogens with zero attached hydrogens (tertiary/aromatic N) is 1. The molecule has 1 aliphatic heterocycles. The maximum Gasteiger partial charge on any atom is 0.290 e. The lowest BCUT2D eigenvalue weighted by Gasteiger charge is -2.24. The van der Waals surface area contributed by atoms with Crippen molar-refractivity contribution in [3.8, 4) is 0 Å². The van der Waals surface area contributed by atoms with Gasteiger partial charge in [0.25, 0.3) is 5.91 Å². The zero-order chi connectivity index (χ0) is 18.3. The molecule has 6 nitrogen and oxygen atoms in total. The van der Waals surface area contributed by atoms with Crippen LogP contribution in [0.1, 0.15) is 24.3 Å². The molecule has 0 saturated carbocycles. The number of aromatic amines is 1. The van der Waals surface area contributed by atoms with Gasteiger partial charge in [0.1, 0.15) is 11.8 Å². The van der Waals surface area contributed by atoms with Gasteiger partial charge < -0.3 is 19.4 Å². The van der Waals surface area contributed by atoms with Gasteiger partial charge in [0.15, 0.2) is 11.5 Å². The van der Waals surface area contributed by atoms with Gasteiger partial charge in [0.2, 0.25) is 0 Å². The lowest BCUT2D eigenvalue weighted by atomic mass is 10.0. The Hall–Kier alpha value is -3.28. The molecule has 132 valence electrons. The number of rotatable bonds is 5. The molecule has 1 amide bonds. The number of furan rings is 1. The summed E-state index contributed by atoms with van der Waals surface area (Å²) in [6.07, 6.45) is 4.00. The standard InChI is InChI=1S/C20H18N2O4/c1-12(23)17-18(16-7-4-10-26-16)22(20(25)19(17)24)9-8-13-11-21-15-6-3-2-5-14(13)15/h2-7,10-11,18,21,24H,8-9H2,1H3/t18-/m1/s1. The molecule has 2 aromatic heterocycles. The number of aliphatic hydroxyl groups is 1. The van der Waals surface area contributed by atoms with Crippen LogP contribution in [0.3, 0.4) is 0 Å². The fraction of sp³-hybridized carbons (Fsp3) is 0.200. The maximum absolute atomic E-state index is 12.6. The van der Waals surface area contributed by atoms with Crippen molar-refractivity contribution in [3.05, 3.63) is 71.5 Å². The molecular formula is C20H18N2O4. The first-order chi connectivity index (χ1) is 12.6. The first kappa shape index (κ1) is 16.2. The Morgan fingerprint density at radius 2 is 2.08 bits per heavy atom. The van der Waals surface area contributed by atoms with Crippen LogP contribution in [0.2, 0.25) is 0 Å². The third kappa shape index (κ3) is 2.50. The third-order valence-corrected chi connectivity index (χ3v) is 4.79. The minimum atomic E-state index is -0.694. The zero-order valence-electron chi connectivity index (χ0n) is 14.2. The summed E-state index contributed by atoms with van der Waals surface area (Å²) in [6.45, 7) is 1.70. The summed E-state index contributed by atoms with van der Waals surface area (Å²) in [4.78, 5) is 29.3. The van der Waals surface area contributed by atoms with E-state index in [0.717, 1.165) is 16.5 Å². The maximum atomic E-state index is 12.6. The summed E-state index contributed by atoms with van der Waals surface area (Å²) < 4.78 is 5.43. The first-order valence-corrected chi connectivity index (χ1v) is 8.41. The van der Waals surface area contributed by atoms with Crippen molar-refractivity contribution in [3.63, 3.8) is 0 Å². The predicted molar refractivity (Wildman–Crippen MR) is 95.5 cm³/mol. The van der Waals surface area contributed by atoms with E-state index in [-0.39, 0.29) is 11.4 Å². The second kappa shape index (κ2) is 6.22. The molecule has 0 unspecified atom stereocenters. The monoisotopic (exact) mass is 350 g/mol. The molecule has 3 heterocycles. The van der Waals surface area contributed by atoms with Crippen LogP contribution in [0.25, 0.3) is 10.9 Å². The summed E-state index contributed by atoms with van der Waals surface area (Å²) in [5.74, 6) is -0.910. The van der Waals surface area contributed by atoms with Crippen LogP contribution in [0.5, 0.6) is 0 Å². The molecule has 0 aliphatic carbocycles. The Kier molecular flexibility index (Phi) is 3.88. The largest absolute Gasteiger partial charge is 0.503 e. The van der Waals surface area contributed by atoms with Gasteiger partial charge in [-0.1, -0.05) is 18.2 Å². The van der Waals surface area contributed by atoms with Gasteiger partial charge >= 0.3 is 0 Å². The Morgan fingerprint density at radius 1 is 1.27 bits per heavy atom. The predicted octanol–water partition coefficient (Wildman–Crippen LogP) is 3.29. The number of carbonyl (C=O) groups excluding carboxylic acids is 2. The van der Waals surface area contributed by atoms with Gasteiger partial charge in [-0.05, 0) is 37.1 Å². The molecule has 1 aromatic carbocycles. The average Bonchev–Trinajstić information content (AvgIpc) is 3.33. The highest BCUT2D eigenvalue weighted by atomic mass is 16.3. The quantitative estimate of drug-likeness (QED) is 0.739. The Morgan fingerprint density at radius 3 is 2.81 bits per heavy atom. The van der Waals surface area contributed by atoms with Gasteiger partial charge in [-0.15, -0.1) is 0 Å². The van der Waals surface area contributed by atoms with E-state index < -0.39 is 17.7 Å². The Bertz CT molecular complexity index is 1010. The van der Waals surface area contributed by atoms with E-state index in [9.17, 15) is 14.7 Å². The molecule has 0 spiro atoms. The van der Waals surface area contributed by atoms with Crippen molar-refractivity contribution in [2.45, 2.75) is 19.4 Å². The lowest BCUT2D eigenvalue weighted by Crippen LogP contribution is -2.32. The molecule has 2 N–H and O–H groups in total. The summed E-state index contributed by atoms with van der Waals surface area (Å²) >= 11 is 0. The molecule has 1 aliphatic rings. The molecular weight excluding hydrogens is 332 g/mol. The van der Waals surface area contributed by atoms with Gasteiger partial charge in [0, 0.05) is 23.6 Å². The van der Waals surface area contributed by atoms with E-state index in [2.05, 4.69) is 4.98 Å². The molecule has 26 heavy (non-hydrogen) atoms. The van der Waals surface area contributed by atoms with Crippen LogP contribution in [-0.2, 0) is 16.0 Å². The van der Waals surface area contributed by atoms with Gasteiger partial charge in [0.05, 0.1) is 11.8 Å². The smallest absolute Gasteiger partial charge is 0.290 e. The van der Waals surface area contributed by atoms with E-state index in [1.165, 1.54) is 18.1 Å². The van der Waals surface area contributed by atoms with E-state index in [0.29, 0.717) is 18.7 Å². The normalized spacial score (nSPS) is 17.5.